The number of pyridine rings is 1. The molecule has 1 aromatic carbocycles. The van der Waals surface area contributed by atoms with Crippen LogP contribution in [0.3, 0.4) is 0 Å². The van der Waals surface area contributed by atoms with Crippen LogP contribution >= 0.6 is 0 Å². The zero-order valence-electron chi connectivity index (χ0n) is 9.64. The van der Waals surface area contributed by atoms with Gasteiger partial charge in [-0.2, -0.15) is 30.3 Å². The second kappa shape index (κ2) is 5.43. The number of hydrogen-bond acceptors (Lipinski definition) is 2. The first-order valence-corrected chi connectivity index (χ1v) is 5.53. The first-order valence-electron chi connectivity index (χ1n) is 5.53. The standard InChI is InChI=1S/C14H11N2O.Re/c17-14-12-7-4-8-15-13(12)10-16(14)9-11-5-2-1-3-6-11;/h1-5,7-8H,9-10H2;/q-1;. The van der Waals surface area contributed by atoms with Gasteiger partial charge in [0, 0.05) is 33.2 Å². The first-order chi connectivity index (χ1) is 8.34. The number of rotatable bonds is 2. The molecule has 0 saturated heterocycles. The van der Waals surface area contributed by atoms with Gasteiger partial charge in [0.15, 0.2) is 0 Å². The SMILES string of the molecule is O=C1c2cccnc2CN1Cc1[c-]cccc1.[Re]. The predicted molar refractivity (Wildman–Crippen MR) is 63.1 cm³/mol. The molecule has 0 fully saturated rings. The van der Waals surface area contributed by atoms with Crippen molar-refractivity contribution in [3.63, 3.8) is 0 Å². The molecule has 0 unspecified atom stereocenters. The van der Waals surface area contributed by atoms with Crippen molar-refractivity contribution >= 4 is 5.91 Å². The van der Waals surface area contributed by atoms with Crippen LogP contribution in [0.5, 0.6) is 0 Å². The smallest absolute Gasteiger partial charge is 0.256 e. The Morgan fingerprint density at radius 3 is 2.89 bits per heavy atom. The van der Waals surface area contributed by atoms with Crippen molar-refractivity contribution in [1.82, 2.24) is 9.88 Å². The molecular formula is C14H11N2ORe-. The van der Waals surface area contributed by atoms with E-state index in [1.54, 1.807) is 17.2 Å². The van der Waals surface area contributed by atoms with Gasteiger partial charge in [-0.15, -0.1) is 5.56 Å². The Balaban J connectivity index is 0.00000120. The average molecular weight is 409 g/mol. The van der Waals surface area contributed by atoms with E-state index in [1.807, 2.05) is 30.3 Å². The van der Waals surface area contributed by atoms with Crippen LogP contribution in [0.1, 0.15) is 21.6 Å². The fourth-order valence-electron chi connectivity index (χ4n) is 2.04. The van der Waals surface area contributed by atoms with Gasteiger partial charge < -0.3 is 4.90 Å². The van der Waals surface area contributed by atoms with Gasteiger partial charge in [-0.25, -0.2) is 0 Å². The largest absolute Gasteiger partial charge is 0.330 e. The molecule has 2 heterocycles. The maximum atomic E-state index is 12.1. The molecule has 1 aromatic heterocycles. The molecule has 0 atom stereocenters. The third-order valence-corrected chi connectivity index (χ3v) is 2.88. The molecule has 0 saturated carbocycles. The molecule has 1 amide bonds. The number of carbonyl (C=O) groups excluding carboxylic acids is 1. The summed E-state index contributed by atoms with van der Waals surface area (Å²) in [6, 6.07) is 14.5. The summed E-state index contributed by atoms with van der Waals surface area (Å²) < 4.78 is 0. The summed E-state index contributed by atoms with van der Waals surface area (Å²) in [5.74, 6) is 0.0605. The molecule has 18 heavy (non-hydrogen) atoms. The average Bonchev–Trinajstić information content (AvgIpc) is 2.68. The Hall–Kier alpha value is -1.50. The van der Waals surface area contributed by atoms with Crippen LogP contribution in [-0.2, 0) is 33.5 Å². The Morgan fingerprint density at radius 2 is 2.17 bits per heavy atom. The monoisotopic (exact) mass is 410 g/mol. The van der Waals surface area contributed by atoms with E-state index in [0.717, 1.165) is 16.8 Å². The number of hydrogen-bond donors (Lipinski definition) is 0. The van der Waals surface area contributed by atoms with Crippen molar-refractivity contribution in [2.45, 2.75) is 13.1 Å². The summed E-state index contributed by atoms with van der Waals surface area (Å²) in [5, 5.41) is 0. The van der Waals surface area contributed by atoms with Crippen molar-refractivity contribution in [2.75, 3.05) is 0 Å². The van der Waals surface area contributed by atoms with Crippen LogP contribution in [0.25, 0.3) is 0 Å². The van der Waals surface area contributed by atoms with Crippen LogP contribution in [-0.4, -0.2) is 15.8 Å². The Kier molecular flexibility index (Phi) is 3.91. The van der Waals surface area contributed by atoms with Crippen LogP contribution in [0.2, 0.25) is 0 Å². The number of amides is 1. The summed E-state index contributed by atoms with van der Waals surface area (Å²) in [7, 11) is 0. The summed E-state index contributed by atoms with van der Waals surface area (Å²) in [6.07, 6.45) is 1.73. The second-order valence-corrected chi connectivity index (χ2v) is 4.05. The normalized spacial score (nSPS) is 13.1. The molecular weight excluding hydrogens is 398 g/mol. The van der Waals surface area contributed by atoms with Crippen molar-refractivity contribution < 1.29 is 25.2 Å². The molecule has 4 heteroatoms. The van der Waals surface area contributed by atoms with Crippen molar-refractivity contribution in [2.24, 2.45) is 0 Å². The summed E-state index contributed by atoms with van der Waals surface area (Å²) in [4.78, 5) is 18.1. The van der Waals surface area contributed by atoms with Crippen LogP contribution in [0.4, 0.5) is 0 Å². The van der Waals surface area contributed by atoms with E-state index in [1.165, 1.54) is 0 Å². The summed E-state index contributed by atoms with van der Waals surface area (Å²) in [5.41, 5.74) is 2.62. The molecule has 2 aromatic rings. The predicted octanol–water partition coefficient (Wildman–Crippen LogP) is 2.04. The van der Waals surface area contributed by atoms with E-state index in [0.29, 0.717) is 13.1 Å². The molecule has 1 aliphatic heterocycles. The molecule has 0 spiro atoms. The van der Waals surface area contributed by atoms with Crippen LogP contribution < -0.4 is 0 Å². The van der Waals surface area contributed by atoms with Gasteiger partial charge in [-0.1, -0.05) is 0 Å². The van der Waals surface area contributed by atoms with Crippen molar-refractivity contribution in [3.8, 4) is 0 Å². The first kappa shape index (κ1) is 12.9. The molecule has 91 valence electrons. The van der Waals surface area contributed by atoms with Crippen molar-refractivity contribution in [3.05, 3.63) is 65.5 Å². The van der Waals surface area contributed by atoms with Crippen molar-refractivity contribution in [1.29, 1.82) is 0 Å². The number of nitrogens with zero attached hydrogens (tertiary/aromatic N) is 2. The van der Waals surface area contributed by atoms with Crippen LogP contribution in [0.15, 0.2) is 42.6 Å². The third kappa shape index (κ3) is 2.36. The van der Waals surface area contributed by atoms with Gasteiger partial charge >= 0.3 is 0 Å². The second-order valence-electron chi connectivity index (χ2n) is 4.05. The molecule has 1 radical (unpaired) electrons. The number of aromatic nitrogens is 1. The minimum Gasteiger partial charge on any atom is -0.330 e. The van der Waals surface area contributed by atoms with Gasteiger partial charge in [0.05, 0.1) is 17.8 Å². The minimum absolute atomic E-state index is 0. The maximum absolute atomic E-state index is 12.1. The van der Waals surface area contributed by atoms with E-state index in [2.05, 4.69) is 11.1 Å². The number of fused-ring (bicyclic) bond motifs is 1. The summed E-state index contributed by atoms with van der Waals surface area (Å²) in [6.45, 7) is 1.19. The molecule has 0 N–H and O–H groups in total. The molecule has 0 aliphatic carbocycles. The van der Waals surface area contributed by atoms with Gasteiger partial charge in [-0.05, 0) is 12.1 Å². The van der Waals surface area contributed by atoms with E-state index < -0.39 is 0 Å². The zero-order valence-corrected chi connectivity index (χ0v) is 12.4. The summed E-state index contributed by atoms with van der Waals surface area (Å²) >= 11 is 0. The topological polar surface area (TPSA) is 33.2 Å². The molecule has 3 nitrogen and oxygen atoms in total. The van der Waals surface area contributed by atoms with Crippen LogP contribution in [0, 0.1) is 6.07 Å². The maximum Gasteiger partial charge on any atom is 0.256 e. The Labute approximate surface area is 119 Å². The van der Waals surface area contributed by atoms with Gasteiger partial charge in [0.1, 0.15) is 0 Å². The third-order valence-electron chi connectivity index (χ3n) is 2.88. The fourth-order valence-corrected chi connectivity index (χ4v) is 2.04. The van der Waals surface area contributed by atoms with Gasteiger partial charge in [0.25, 0.3) is 5.91 Å². The van der Waals surface area contributed by atoms with E-state index >= 15 is 0 Å². The minimum atomic E-state index is 0. The molecule has 1 aliphatic rings. The molecule has 3 rings (SSSR count). The quantitative estimate of drug-likeness (QED) is 0.712. The van der Waals surface area contributed by atoms with E-state index in [4.69, 9.17) is 0 Å². The Bertz CT molecular complexity index is 557. The van der Waals surface area contributed by atoms with Gasteiger partial charge in [-0.3, -0.25) is 9.78 Å². The molecule has 0 bridgehead atoms. The van der Waals surface area contributed by atoms with Gasteiger partial charge in [0.2, 0.25) is 0 Å². The number of carbonyl (C=O) groups is 1. The van der Waals surface area contributed by atoms with E-state index in [9.17, 15) is 4.79 Å². The number of benzene rings is 1. The fraction of sp³-hybridized carbons (Fsp3) is 0.143. The van der Waals surface area contributed by atoms with E-state index in [-0.39, 0.29) is 26.3 Å². The zero-order chi connectivity index (χ0) is 11.7. The Morgan fingerprint density at radius 1 is 1.28 bits per heavy atom.